The summed E-state index contributed by atoms with van der Waals surface area (Å²) in [6, 6.07) is -0.793. The molecular weight excluding hydrogens is 284 g/mol. The van der Waals surface area contributed by atoms with Crippen LogP contribution in [0.3, 0.4) is 0 Å². The fourth-order valence-corrected chi connectivity index (χ4v) is 2.95. The summed E-state index contributed by atoms with van der Waals surface area (Å²) >= 11 is 0. The first kappa shape index (κ1) is 17.3. The molecule has 0 aromatic heterocycles. The standard InChI is InChI=1S/C11H24N4O4S/c1-10(11(16)15-6-8-19-9-7-15)13-20(17,18)14(2)5-3-4-12/h10,13H,3-9,12H2,1-2H3. The van der Waals surface area contributed by atoms with Crippen molar-refractivity contribution in [2.75, 3.05) is 46.4 Å². The van der Waals surface area contributed by atoms with Gasteiger partial charge in [-0.3, -0.25) is 4.79 Å². The monoisotopic (exact) mass is 308 g/mol. The van der Waals surface area contributed by atoms with Crippen molar-refractivity contribution >= 4 is 16.1 Å². The summed E-state index contributed by atoms with van der Waals surface area (Å²) < 4.78 is 32.7. The highest BCUT2D eigenvalue weighted by atomic mass is 32.2. The van der Waals surface area contributed by atoms with Crippen LogP contribution in [0.5, 0.6) is 0 Å². The van der Waals surface area contributed by atoms with E-state index in [-0.39, 0.29) is 5.91 Å². The van der Waals surface area contributed by atoms with Crippen LogP contribution < -0.4 is 10.5 Å². The minimum atomic E-state index is -3.67. The molecule has 0 saturated carbocycles. The highest BCUT2D eigenvalue weighted by molar-refractivity contribution is 7.87. The van der Waals surface area contributed by atoms with Crippen LogP contribution in [0, 0.1) is 0 Å². The lowest BCUT2D eigenvalue weighted by molar-refractivity contribution is -0.136. The van der Waals surface area contributed by atoms with Crippen molar-refractivity contribution in [3.63, 3.8) is 0 Å². The first-order chi connectivity index (χ1) is 9.38. The van der Waals surface area contributed by atoms with E-state index in [0.717, 1.165) is 0 Å². The number of rotatable bonds is 7. The van der Waals surface area contributed by atoms with E-state index < -0.39 is 16.3 Å². The van der Waals surface area contributed by atoms with Crippen molar-refractivity contribution in [1.29, 1.82) is 0 Å². The second-order valence-corrected chi connectivity index (χ2v) is 6.56. The molecule has 0 aliphatic carbocycles. The van der Waals surface area contributed by atoms with Gasteiger partial charge in [-0.2, -0.15) is 17.4 Å². The molecule has 1 atom stereocenters. The predicted molar refractivity (Wildman–Crippen MR) is 75.2 cm³/mol. The predicted octanol–water partition coefficient (Wildman–Crippen LogP) is -1.65. The molecule has 0 bridgehead atoms. The minimum Gasteiger partial charge on any atom is -0.378 e. The molecule has 0 aromatic carbocycles. The summed E-state index contributed by atoms with van der Waals surface area (Å²) in [4.78, 5) is 13.7. The van der Waals surface area contributed by atoms with Crippen LogP contribution in [0.25, 0.3) is 0 Å². The second-order valence-electron chi connectivity index (χ2n) is 4.75. The average molecular weight is 308 g/mol. The van der Waals surface area contributed by atoms with Crippen molar-refractivity contribution in [2.24, 2.45) is 5.73 Å². The third-order valence-corrected chi connectivity index (χ3v) is 4.76. The third kappa shape index (κ3) is 4.98. The van der Waals surface area contributed by atoms with Crippen LogP contribution >= 0.6 is 0 Å². The van der Waals surface area contributed by atoms with Crippen LogP contribution in [0.15, 0.2) is 0 Å². The van der Waals surface area contributed by atoms with Crippen LogP contribution in [0.2, 0.25) is 0 Å². The molecule has 1 fully saturated rings. The zero-order valence-electron chi connectivity index (χ0n) is 12.0. The van der Waals surface area contributed by atoms with Gasteiger partial charge in [-0.25, -0.2) is 0 Å². The Kier molecular flexibility index (Phi) is 6.83. The van der Waals surface area contributed by atoms with E-state index in [1.807, 2.05) is 0 Å². The fraction of sp³-hybridized carbons (Fsp3) is 0.909. The molecule has 8 nitrogen and oxygen atoms in total. The molecule has 1 heterocycles. The van der Waals surface area contributed by atoms with E-state index in [1.54, 1.807) is 11.8 Å². The second kappa shape index (κ2) is 7.89. The van der Waals surface area contributed by atoms with Gasteiger partial charge in [0.05, 0.1) is 19.3 Å². The van der Waals surface area contributed by atoms with Gasteiger partial charge in [0.1, 0.15) is 0 Å². The SMILES string of the molecule is CC(NS(=O)(=O)N(C)CCCN)C(=O)N1CCOCC1. The van der Waals surface area contributed by atoms with Gasteiger partial charge < -0.3 is 15.4 Å². The number of morpholine rings is 1. The first-order valence-electron chi connectivity index (χ1n) is 6.68. The van der Waals surface area contributed by atoms with Crippen molar-refractivity contribution < 1.29 is 17.9 Å². The molecule has 3 N–H and O–H groups in total. The summed E-state index contributed by atoms with van der Waals surface area (Å²) in [7, 11) is -2.20. The van der Waals surface area contributed by atoms with Crippen molar-refractivity contribution in [3.8, 4) is 0 Å². The maximum absolute atomic E-state index is 12.1. The minimum absolute atomic E-state index is 0.232. The molecule has 0 radical (unpaired) electrons. The molecule has 118 valence electrons. The Balaban J connectivity index is 2.54. The number of nitrogens with two attached hydrogens (primary N) is 1. The Morgan fingerprint density at radius 3 is 2.60 bits per heavy atom. The zero-order chi connectivity index (χ0) is 15.2. The average Bonchev–Trinajstić information content (AvgIpc) is 2.44. The van der Waals surface area contributed by atoms with Gasteiger partial charge in [-0.15, -0.1) is 0 Å². The Labute approximate surface area is 120 Å². The van der Waals surface area contributed by atoms with Gasteiger partial charge in [0.2, 0.25) is 5.91 Å². The number of amides is 1. The molecule has 1 rings (SSSR count). The smallest absolute Gasteiger partial charge is 0.279 e. The van der Waals surface area contributed by atoms with Gasteiger partial charge in [-0.1, -0.05) is 0 Å². The Morgan fingerprint density at radius 2 is 2.05 bits per heavy atom. The number of nitrogens with one attached hydrogen (secondary N) is 1. The lowest BCUT2D eigenvalue weighted by Gasteiger charge is -2.30. The number of nitrogens with zero attached hydrogens (tertiary/aromatic N) is 2. The van der Waals surface area contributed by atoms with Crippen LogP contribution in [-0.2, 0) is 19.7 Å². The van der Waals surface area contributed by atoms with E-state index in [2.05, 4.69) is 4.72 Å². The Bertz CT molecular complexity index is 409. The van der Waals surface area contributed by atoms with Gasteiger partial charge in [0.15, 0.2) is 0 Å². The summed E-state index contributed by atoms with van der Waals surface area (Å²) in [6.07, 6.45) is 0.573. The summed E-state index contributed by atoms with van der Waals surface area (Å²) in [5.41, 5.74) is 5.35. The number of ether oxygens (including phenoxy) is 1. The highest BCUT2D eigenvalue weighted by Crippen LogP contribution is 2.03. The zero-order valence-corrected chi connectivity index (χ0v) is 12.9. The van der Waals surface area contributed by atoms with E-state index in [0.29, 0.717) is 45.8 Å². The summed E-state index contributed by atoms with van der Waals surface area (Å²) in [6.45, 7) is 4.25. The maximum Gasteiger partial charge on any atom is 0.279 e. The maximum atomic E-state index is 12.1. The van der Waals surface area contributed by atoms with Gasteiger partial charge in [0, 0.05) is 26.7 Å². The molecule has 1 unspecified atom stereocenters. The van der Waals surface area contributed by atoms with Crippen LogP contribution in [-0.4, -0.2) is 76.0 Å². The van der Waals surface area contributed by atoms with E-state index >= 15 is 0 Å². The molecule has 1 aliphatic heterocycles. The topological polar surface area (TPSA) is 105 Å². The van der Waals surface area contributed by atoms with Gasteiger partial charge in [-0.05, 0) is 19.9 Å². The van der Waals surface area contributed by atoms with E-state index in [1.165, 1.54) is 11.4 Å². The quantitative estimate of drug-likeness (QED) is 0.586. The third-order valence-electron chi connectivity index (χ3n) is 3.11. The Hall–Kier alpha value is -0.740. The fourth-order valence-electron chi connectivity index (χ4n) is 1.86. The lowest BCUT2D eigenvalue weighted by atomic mass is 10.3. The normalized spacial score (nSPS) is 18.3. The molecule has 20 heavy (non-hydrogen) atoms. The lowest BCUT2D eigenvalue weighted by Crippen LogP contribution is -2.52. The Morgan fingerprint density at radius 1 is 1.45 bits per heavy atom. The van der Waals surface area contributed by atoms with Gasteiger partial charge in [0.25, 0.3) is 10.2 Å². The molecule has 9 heteroatoms. The van der Waals surface area contributed by atoms with E-state index in [9.17, 15) is 13.2 Å². The number of carbonyl (C=O) groups is 1. The van der Waals surface area contributed by atoms with Gasteiger partial charge >= 0.3 is 0 Å². The number of hydrogen-bond donors (Lipinski definition) is 2. The largest absolute Gasteiger partial charge is 0.378 e. The molecular formula is C11H24N4O4S. The molecule has 1 amide bonds. The highest BCUT2D eigenvalue weighted by Gasteiger charge is 2.27. The first-order valence-corrected chi connectivity index (χ1v) is 8.12. The molecule has 1 aliphatic rings. The number of carbonyl (C=O) groups excluding carboxylic acids is 1. The van der Waals surface area contributed by atoms with Crippen LogP contribution in [0.1, 0.15) is 13.3 Å². The summed E-state index contributed by atoms with van der Waals surface area (Å²) in [5.74, 6) is -0.232. The summed E-state index contributed by atoms with van der Waals surface area (Å²) in [5, 5.41) is 0. The van der Waals surface area contributed by atoms with E-state index in [4.69, 9.17) is 10.5 Å². The van der Waals surface area contributed by atoms with Crippen molar-refractivity contribution in [2.45, 2.75) is 19.4 Å². The molecule has 0 aromatic rings. The molecule has 1 saturated heterocycles. The van der Waals surface area contributed by atoms with Crippen molar-refractivity contribution in [3.05, 3.63) is 0 Å². The van der Waals surface area contributed by atoms with Crippen molar-refractivity contribution in [1.82, 2.24) is 13.9 Å². The molecule has 0 spiro atoms. The number of hydrogen-bond acceptors (Lipinski definition) is 5. The van der Waals surface area contributed by atoms with Crippen LogP contribution in [0.4, 0.5) is 0 Å².